The zero-order valence-corrected chi connectivity index (χ0v) is 21.5. The third-order valence-electron chi connectivity index (χ3n) is 6.70. The number of rotatable bonds is 5. The number of hydrogen-bond acceptors (Lipinski definition) is 8. The van der Waals surface area contributed by atoms with Crippen molar-refractivity contribution in [3.8, 4) is 0 Å². The molecule has 0 aliphatic carbocycles. The van der Waals surface area contributed by atoms with Gasteiger partial charge in [-0.3, -0.25) is 9.69 Å². The highest BCUT2D eigenvalue weighted by molar-refractivity contribution is 6.01. The van der Waals surface area contributed by atoms with Crippen molar-refractivity contribution in [2.24, 2.45) is 0 Å². The van der Waals surface area contributed by atoms with Crippen LogP contribution in [0.5, 0.6) is 0 Å². The molecule has 4 saturated heterocycles. The molecule has 4 aliphatic heterocycles. The Morgan fingerprint density at radius 1 is 1.19 bits per heavy atom. The highest BCUT2D eigenvalue weighted by Crippen LogP contribution is 2.39. The van der Waals surface area contributed by atoms with Crippen molar-refractivity contribution in [2.75, 3.05) is 13.2 Å². The summed E-state index contributed by atoms with van der Waals surface area (Å²) in [5.41, 5.74) is 0.857. The number of likely N-dealkylation sites (tertiary alicyclic amines) is 1. The van der Waals surface area contributed by atoms with Gasteiger partial charge in [-0.2, -0.15) is 0 Å². The topological polar surface area (TPSA) is 92.8 Å². The summed E-state index contributed by atoms with van der Waals surface area (Å²) in [5, 5.41) is 0. The van der Waals surface area contributed by atoms with Crippen LogP contribution in [0, 0.1) is 0 Å². The number of fused-ring (bicyclic) bond motifs is 3. The van der Waals surface area contributed by atoms with Crippen molar-refractivity contribution < 1.29 is 38.0 Å². The molecule has 36 heavy (non-hydrogen) atoms. The van der Waals surface area contributed by atoms with Gasteiger partial charge in [0.15, 0.2) is 17.9 Å². The van der Waals surface area contributed by atoms with E-state index < -0.39 is 36.0 Å². The highest BCUT2D eigenvalue weighted by atomic mass is 16.8. The first-order valence-corrected chi connectivity index (χ1v) is 12.5. The van der Waals surface area contributed by atoms with Crippen LogP contribution < -0.4 is 0 Å². The molecule has 0 N–H and O–H groups in total. The molecule has 0 saturated carbocycles. The van der Waals surface area contributed by atoms with E-state index in [0.29, 0.717) is 25.1 Å². The number of amides is 1. The Bertz CT molecular complexity index is 1020. The molecule has 0 aromatic heterocycles. The second-order valence-corrected chi connectivity index (χ2v) is 11.1. The van der Waals surface area contributed by atoms with Gasteiger partial charge >= 0.3 is 6.09 Å². The van der Waals surface area contributed by atoms with Gasteiger partial charge in [0.1, 0.15) is 30.0 Å². The van der Waals surface area contributed by atoms with Crippen molar-refractivity contribution in [3.63, 3.8) is 0 Å². The van der Waals surface area contributed by atoms with Crippen LogP contribution in [0.4, 0.5) is 4.79 Å². The summed E-state index contributed by atoms with van der Waals surface area (Å²) in [7, 11) is 0. The summed E-state index contributed by atoms with van der Waals surface area (Å²) < 4.78 is 35.5. The maximum absolute atomic E-state index is 13.2. The van der Waals surface area contributed by atoms with E-state index in [1.165, 1.54) is 0 Å². The van der Waals surface area contributed by atoms with E-state index in [4.69, 9.17) is 28.4 Å². The Morgan fingerprint density at radius 2 is 1.94 bits per heavy atom. The maximum atomic E-state index is 13.2. The van der Waals surface area contributed by atoms with E-state index >= 15 is 0 Å². The van der Waals surface area contributed by atoms with E-state index in [-0.39, 0.29) is 30.6 Å². The minimum atomic E-state index is -0.747. The van der Waals surface area contributed by atoms with E-state index in [2.05, 4.69) is 0 Å². The summed E-state index contributed by atoms with van der Waals surface area (Å²) in [6.07, 6.45) is -0.751. The Morgan fingerprint density at radius 3 is 2.67 bits per heavy atom. The summed E-state index contributed by atoms with van der Waals surface area (Å²) in [4.78, 5) is 27.9. The van der Waals surface area contributed by atoms with Gasteiger partial charge in [-0.15, -0.1) is 0 Å². The number of carbonyl (C=O) groups excluding carboxylic acids is 2. The number of benzene rings is 1. The lowest BCUT2D eigenvalue weighted by Gasteiger charge is -2.32. The molecule has 6 atom stereocenters. The average molecular weight is 502 g/mol. The predicted molar refractivity (Wildman–Crippen MR) is 128 cm³/mol. The molecule has 9 heteroatoms. The molecule has 0 radical (unpaired) electrons. The molecule has 9 nitrogen and oxygen atoms in total. The molecule has 2 bridgehead atoms. The zero-order chi connectivity index (χ0) is 25.7. The van der Waals surface area contributed by atoms with Crippen LogP contribution >= 0.6 is 0 Å². The monoisotopic (exact) mass is 501 g/mol. The normalized spacial score (nSPS) is 34.3. The van der Waals surface area contributed by atoms with Gasteiger partial charge in [0.25, 0.3) is 0 Å². The van der Waals surface area contributed by atoms with Crippen molar-refractivity contribution >= 4 is 11.9 Å². The number of ether oxygens (including phenoxy) is 6. The van der Waals surface area contributed by atoms with Crippen LogP contribution in [-0.4, -0.2) is 78.1 Å². The Balaban J connectivity index is 1.38. The largest absolute Gasteiger partial charge is 0.444 e. The first-order valence-electron chi connectivity index (χ1n) is 12.5. The van der Waals surface area contributed by atoms with Crippen LogP contribution in [0.2, 0.25) is 0 Å². The number of ketones is 1. The quantitative estimate of drug-likeness (QED) is 0.568. The first-order chi connectivity index (χ1) is 17.0. The van der Waals surface area contributed by atoms with Gasteiger partial charge in [-0.05, 0) is 46.6 Å². The number of nitrogens with zero attached hydrogens (tertiary/aromatic N) is 1. The molecule has 5 rings (SSSR count). The number of carbonyl (C=O) groups is 2. The Hall–Kier alpha value is -2.30. The molecular weight excluding hydrogens is 466 g/mol. The smallest absolute Gasteiger partial charge is 0.410 e. The predicted octanol–water partition coefficient (Wildman–Crippen LogP) is 3.35. The van der Waals surface area contributed by atoms with Gasteiger partial charge in [0.2, 0.25) is 0 Å². The molecule has 0 spiro atoms. The zero-order valence-electron chi connectivity index (χ0n) is 21.5. The van der Waals surface area contributed by atoms with Gasteiger partial charge in [-0.25, -0.2) is 4.79 Å². The van der Waals surface area contributed by atoms with Gasteiger partial charge < -0.3 is 28.4 Å². The van der Waals surface area contributed by atoms with Gasteiger partial charge in [-0.1, -0.05) is 36.4 Å². The molecule has 4 fully saturated rings. The number of Topliss-reactive ketones (excluding diaryl/α,β-unsaturated/α-hetero) is 1. The fraction of sp³-hybridized carbons (Fsp3) is 0.630. The average Bonchev–Trinajstić information content (AvgIpc) is 3.46. The van der Waals surface area contributed by atoms with Crippen LogP contribution in [-0.2, 0) is 39.8 Å². The van der Waals surface area contributed by atoms with Crippen molar-refractivity contribution in [1.29, 1.82) is 0 Å². The molecule has 1 aromatic rings. The fourth-order valence-electron chi connectivity index (χ4n) is 5.21. The van der Waals surface area contributed by atoms with Crippen LogP contribution in [0.25, 0.3) is 0 Å². The molecular formula is C27H35NO8. The van der Waals surface area contributed by atoms with E-state index in [1.807, 2.05) is 71.0 Å². The van der Waals surface area contributed by atoms with E-state index in [9.17, 15) is 9.59 Å². The Kier molecular flexibility index (Phi) is 6.72. The molecule has 3 unspecified atom stereocenters. The van der Waals surface area contributed by atoms with Gasteiger partial charge in [0.05, 0.1) is 25.8 Å². The van der Waals surface area contributed by atoms with E-state index in [0.717, 1.165) is 5.56 Å². The lowest BCUT2D eigenvalue weighted by Crippen LogP contribution is -2.45. The second kappa shape index (κ2) is 9.54. The molecule has 1 amide bonds. The minimum absolute atomic E-state index is 0.149. The van der Waals surface area contributed by atoms with Crippen LogP contribution in [0.15, 0.2) is 42.0 Å². The summed E-state index contributed by atoms with van der Waals surface area (Å²) >= 11 is 0. The lowest BCUT2D eigenvalue weighted by atomic mass is 9.95. The standard InChI is InChI=1S/C27H35NO8/c1-26(2,3)36-25(30)28-13-19-23(35-27(4,5)34-19)18(28)12-11-17-21(29)20-15-32-24(33-20)22(17)31-14-16-9-7-6-8-10-16/h6-11,18-20,22-24H,12-15H2,1-5H3/b17-11+/t18-,19?,20?,22-,23?,24+/m0/s1. The minimum Gasteiger partial charge on any atom is -0.444 e. The number of hydrogen-bond donors (Lipinski definition) is 0. The fourth-order valence-corrected chi connectivity index (χ4v) is 5.21. The molecule has 4 heterocycles. The van der Waals surface area contributed by atoms with Crippen molar-refractivity contribution in [3.05, 3.63) is 47.5 Å². The summed E-state index contributed by atoms with van der Waals surface area (Å²) in [6, 6.07) is 9.38. The second-order valence-electron chi connectivity index (χ2n) is 11.1. The molecule has 196 valence electrons. The summed E-state index contributed by atoms with van der Waals surface area (Å²) in [6.45, 7) is 10.1. The van der Waals surface area contributed by atoms with E-state index in [1.54, 1.807) is 4.90 Å². The summed E-state index contributed by atoms with van der Waals surface area (Å²) in [5.74, 6) is -0.895. The van der Waals surface area contributed by atoms with Crippen LogP contribution in [0.3, 0.4) is 0 Å². The first kappa shape index (κ1) is 25.4. The Labute approximate surface area is 211 Å². The lowest BCUT2D eigenvalue weighted by molar-refractivity contribution is -0.166. The molecule has 1 aromatic carbocycles. The van der Waals surface area contributed by atoms with Crippen LogP contribution in [0.1, 0.15) is 46.6 Å². The van der Waals surface area contributed by atoms with Gasteiger partial charge in [0, 0.05) is 5.57 Å². The SMILES string of the molecule is CC(C)(C)OC(=O)N1CC2OC(C)(C)OC2[C@@H]1C/C=C1\C(=O)C2CO[C@H](O2)[C@H]1OCc1ccccc1. The molecule has 4 aliphatic rings. The highest BCUT2D eigenvalue weighted by Gasteiger charge is 2.54. The van der Waals surface area contributed by atoms with Crippen molar-refractivity contribution in [1.82, 2.24) is 4.90 Å². The van der Waals surface area contributed by atoms with Crippen molar-refractivity contribution in [2.45, 2.75) is 95.8 Å². The third-order valence-corrected chi connectivity index (χ3v) is 6.70. The third kappa shape index (κ3) is 5.21. The maximum Gasteiger partial charge on any atom is 0.410 e.